The molecule has 1 rings (SSSR count). The lowest BCUT2D eigenvalue weighted by atomic mass is 10.1. The third-order valence-corrected chi connectivity index (χ3v) is 4.73. The van der Waals surface area contributed by atoms with Crippen molar-refractivity contribution in [2.45, 2.75) is 18.9 Å². The van der Waals surface area contributed by atoms with E-state index >= 15 is 0 Å². The third kappa shape index (κ3) is 5.18. The molecule has 1 aromatic carbocycles. The molecule has 0 radical (unpaired) electrons. The number of hydrogen-bond acceptors (Lipinski definition) is 5. The van der Waals surface area contributed by atoms with Crippen LogP contribution in [0.15, 0.2) is 24.3 Å². The minimum Gasteiger partial charge on any atom is -0.496 e. The topological polar surface area (TPSA) is 113 Å². The molecule has 0 aliphatic carbocycles. The normalized spacial score (nSPS) is 15.3. The van der Waals surface area contributed by atoms with E-state index in [0.29, 0.717) is 12.2 Å². The number of carbonyl (C=O) groups is 1. The number of benzene rings is 1. The van der Waals surface area contributed by atoms with E-state index in [0.717, 1.165) is 5.56 Å². The van der Waals surface area contributed by atoms with Gasteiger partial charge in [0.2, 0.25) is 0 Å². The number of rotatable bonds is 8. The zero-order chi connectivity index (χ0) is 15.2. The van der Waals surface area contributed by atoms with Gasteiger partial charge in [0.05, 0.1) is 7.11 Å². The molecule has 0 aliphatic heterocycles. The summed E-state index contributed by atoms with van der Waals surface area (Å²) in [4.78, 5) is 10.6. The number of ether oxygens (including phenoxy) is 1. The summed E-state index contributed by atoms with van der Waals surface area (Å²) in [5, 5.41) is 8.66. The molecule has 7 heteroatoms. The Morgan fingerprint density at radius 1 is 1.45 bits per heavy atom. The summed E-state index contributed by atoms with van der Waals surface area (Å²) in [6.45, 7) is 0. The average Bonchev–Trinajstić information content (AvgIpc) is 2.43. The molecule has 0 bridgehead atoms. The predicted octanol–water partition coefficient (Wildman–Crippen LogP) is 1.09. The third-order valence-electron chi connectivity index (χ3n) is 2.97. The first-order valence-electron chi connectivity index (χ1n) is 6.20. The Morgan fingerprint density at radius 3 is 2.70 bits per heavy atom. The highest BCUT2D eigenvalue weighted by Crippen LogP contribution is 2.18. The van der Waals surface area contributed by atoms with Crippen molar-refractivity contribution in [2.24, 2.45) is 5.73 Å². The van der Waals surface area contributed by atoms with Crippen molar-refractivity contribution in [3.63, 3.8) is 0 Å². The molecule has 0 aromatic heterocycles. The molecular weight excluding hydrogens is 280 g/mol. The van der Waals surface area contributed by atoms with Crippen LogP contribution >= 0.6 is 0 Å². The van der Waals surface area contributed by atoms with Crippen molar-refractivity contribution in [1.82, 2.24) is 0 Å². The molecule has 0 saturated heterocycles. The molecule has 112 valence electrons. The molecule has 1 aromatic rings. The summed E-state index contributed by atoms with van der Waals surface area (Å²) in [6.07, 6.45) is 0.498. The number of hydrogen-bond donors (Lipinski definition) is 3. The van der Waals surface area contributed by atoms with Gasteiger partial charge in [0.1, 0.15) is 11.8 Å². The second kappa shape index (κ2) is 7.25. The molecule has 0 heterocycles. The van der Waals surface area contributed by atoms with Crippen molar-refractivity contribution in [2.75, 3.05) is 18.6 Å². The van der Waals surface area contributed by atoms with Gasteiger partial charge >= 0.3 is 5.97 Å². The van der Waals surface area contributed by atoms with Gasteiger partial charge in [0, 0.05) is 21.2 Å². The fourth-order valence-corrected chi connectivity index (χ4v) is 3.12. The molecule has 0 spiro atoms. The largest absolute Gasteiger partial charge is 0.496 e. The van der Waals surface area contributed by atoms with Gasteiger partial charge in [0.15, 0.2) is 0 Å². The van der Waals surface area contributed by atoms with Crippen LogP contribution in [0, 0.1) is 4.78 Å². The number of para-hydroxylation sites is 1. The summed E-state index contributed by atoms with van der Waals surface area (Å²) < 4.78 is 25.0. The summed E-state index contributed by atoms with van der Waals surface area (Å²) in [6, 6.07) is 6.29. The summed E-state index contributed by atoms with van der Waals surface area (Å²) in [5.74, 6) is -0.273. The van der Waals surface area contributed by atoms with Crippen LogP contribution in [0.3, 0.4) is 0 Å². The molecule has 2 atom stereocenters. The number of aryl methyl sites for hydroxylation is 1. The van der Waals surface area contributed by atoms with Crippen LogP contribution in [0.2, 0.25) is 0 Å². The molecule has 4 N–H and O–H groups in total. The van der Waals surface area contributed by atoms with Crippen molar-refractivity contribution in [3.8, 4) is 5.75 Å². The second-order valence-electron chi connectivity index (χ2n) is 4.52. The van der Waals surface area contributed by atoms with Crippen molar-refractivity contribution >= 4 is 15.7 Å². The summed E-state index contributed by atoms with van der Waals surface area (Å²) in [5.41, 5.74) is 6.23. The number of aliphatic carboxylic acids is 1. The molecule has 0 aliphatic rings. The number of carboxylic acids is 1. The number of carboxylic acid groups (broad SMARTS) is 1. The SMILES string of the molecule is COc1ccccc1CCS(=N)(=O)CC[C@H](N)C(=O)O. The first kappa shape index (κ1) is 16.5. The quantitative estimate of drug-likeness (QED) is 0.665. The van der Waals surface area contributed by atoms with E-state index in [4.69, 9.17) is 20.4 Å². The van der Waals surface area contributed by atoms with E-state index in [9.17, 15) is 9.00 Å². The van der Waals surface area contributed by atoms with E-state index in [1.165, 1.54) is 0 Å². The Hall–Kier alpha value is -1.60. The Balaban J connectivity index is 2.57. The Bertz CT molecular complexity index is 557. The lowest BCUT2D eigenvalue weighted by Crippen LogP contribution is -2.32. The zero-order valence-electron chi connectivity index (χ0n) is 11.4. The highest BCUT2D eigenvalue weighted by atomic mass is 32.2. The van der Waals surface area contributed by atoms with Crippen LogP contribution in [0.1, 0.15) is 12.0 Å². The van der Waals surface area contributed by atoms with Gasteiger partial charge in [-0.05, 0) is 24.5 Å². The maximum absolute atomic E-state index is 12.1. The summed E-state index contributed by atoms with van der Waals surface area (Å²) in [7, 11) is -1.27. The van der Waals surface area contributed by atoms with Crippen molar-refractivity contribution in [1.29, 1.82) is 4.78 Å². The van der Waals surface area contributed by atoms with Crippen LogP contribution in [-0.2, 0) is 20.9 Å². The van der Waals surface area contributed by atoms with Gasteiger partial charge in [-0.15, -0.1) is 0 Å². The molecule has 0 saturated carbocycles. The maximum atomic E-state index is 12.1. The van der Waals surface area contributed by atoms with E-state index in [-0.39, 0.29) is 17.9 Å². The molecule has 20 heavy (non-hydrogen) atoms. The number of nitrogens with two attached hydrogens (primary N) is 1. The first-order chi connectivity index (χ1) is 9.35. The lowest BCUT2D eigenvalue weighted by molar-refractivity contribution is -0.138. The maximum Gasteiger partial charge on any atom is 0.320 e. The van der Waals surface area contributed by atoms with Crippen molar-refractivity contribution < 1.29 is 18.8 Å². The van der Waals surface area contributed by atoms with Crippen LogP contribution in [0.25, 0.3) is 0 Å². The van der Waals surface area contributed by atoms with E-state index in [2.05, 4.69) is 0 Å². The average molecular weight is 300 g/mol. The molecule has 0 amide bonds. The molecule has 0 fully saturated rings. The lowest BCUT2D eigenvalue weighted by Gasteiger charge is -2.11. The molecular formula is C13H20N2O4S. The zero-order valence-corrected chi connectivity index (χ0v) is 12.2. The monoisotopic (exact) mass is 300 g/mol. The summed E-state index contributed by atoms with van der Waals surface area (Å²) >= 11 is 0. The van der Waals surface area contributed by atoms with Gasteiger partial charge in [-0.25, -0.2) is 4.21 Å². The predicted molar refractivity (Wildman–Crippen MR) is 77.5 cm³/mol. The van der Waals surface area contributed by atoms with Crippen LogP contribution in [0.5, 0.6) is 5.75 Å². The van der Waals surface area contributed by atoms with Gasteiger partial charge in [-0.3, -0.25) is 9.57 Å². The fourth-order valence-electron chi connectivity index (χ4n) is 1.73. The smallest absolute Gasteiger partial charge is 0.320 e. The van der Waals surface area contributed by atoms with Crippen molar-refractivity contribution in [3.05, 3.63) is 29.8 Å². The minimum absolute atomic E-state index is 0.00435. The van der Waals surface area contributed by atoms with Gasteiger partial charge in [0.25, 0.3) is 0 Å². The Kier molecular flexibility index (Phi) is 5.97. The Labute approximate surface area is 118 Å². The molecule has 6 nitrogen and oxygen atoms in total. The second-order valence-corrected chi connectivity index (χ2v) is 6.96. The van der Waals surface area contributed by atoms with Gasteiger partial charge < -0.3 is 15.6 Å². The van der Waals surface area contributed by atoms with E-state index in [1.807, 2.05) is 18.2 Å². The number of nitrogens with one attached hydrogen (secondary N) is 1. The van der Waals surface area contributed by atoms with E-state index < -0.39 is 21.7 Å². The van der Waals surface area contributed by atoms with Crippen LogP contribution in [0.4, 0.5) is 0 Å². The van der Waals surface area contributed by atoms with Gasteiger partial charge in [-0.2, -0.15) is 0 Å². The highest BCUT2D eigenvalue weighted by molar-refractivity contribution is 7.92. The standard InChI is InChI=1S/C13H20N2O4S/c1-19-12-5-3-2-4-10(12)6-8-20(15,18)9-7-11(14)13(16)17/h2-5,11,15H,6-9,14H2,1H3,(H,16,17)/t11-,20?/m0/s1. The minimum atomic E-state index is -2.83. The fraction of sp³-hybridized carbons (Fsp3) is 0.462. The molecule has 1 unspecified atom stereocenters. The number of methoxy groups -OCH3 is 1. The van der Waals surface area contributed by atoms with Gasteiger partial charge in [-0.1, -0.05) is 18.2 Å². The highest BCUT2D eigenvalue weighted by Gasteiger charge is 2.16. The first-order valence-corrected chi connectivity index (χ1v) is 8.10. The van der Waals surface area contributed by atoms with Crippen LogP contribution < -0.4 is 10.5 Å². The Morgan fingerprint density at radius 2 is 2.10 bits per heavy atom. The van der Waals surface area contributed by atoms with Crippen LogP contribution in [-0.4, -0.2) is 39.9 Å². The van der Waals surface area contributed by atoms with E-state index in [1.54, 1.807) is 13.2 Å².